The van der Waals surface area contributed by atoms with Gasteiger partial charge in [-0.1, -0.05) is 0 Å². The molecule has 1 aliphatic heterocycles. The van der Waals surface area contributed by atoms with E-state index in [1.54, 1.807) is 4.90 Å². The van der Waals surface area contributed by atoms with Crippen LogP contribution in [0.25, 0.3) is 0 Å². The molecule has 2 rings (SSSR count). The zero-order valence-corrected chi connectivity index (χ0v) is 12.3. The Kier molecular flexibility index (Phi) is 4.95. The van der Waals surface area contributed by atoms with Gasteiger partial charge in [-0.05, 0) is 50.1 Å². The van der Waals surface area contributed by atoms with Crippen molar-refractivity contribution in [1.82, 2.24) is 4.90 Å². The molecule has 1 amide bonds. The third-order valence-electron chi connectivity index (χ3n) is 3.86. The molecule has 0 saturated carbocycles. The van der Waals surface area contributed by atoms with Gasteiger partial charge in [0.1, 0.15) is 5.75 Å². The third kappa shape index (κ3) is 3.91. The Morgan fingerprint density at radius 1 is 1.36 bits per heavy atom. The van der Waals surface area contributed by atoms with Gasteiger partial charge in [-0.3, -0.25) is 4.79 Å². The number of rotatable bonds is 4. The summed E-state index contributed by atoms with van der Waals surface area (Å²) in [5.74, 6) is 0.358. The third-order valence-corrected chi connectivity index (χ3v) is 3.86. The number of benzene rings is 1. The first kappa shape index (κ1) is 16.6. The number of hydrogen-bond donors (Lipinski definition) is 1. The van der Waals surface area contributed by atoms with Crippen LogP contribution in [0, 0.1) is 5.92 Å². The number of amides is 1. The summed E-state index contributed by atoms with van der Waals surface area (Å²) in [6, 6.07) is 4.40. The van der Waals surface area contributed by atoms with Crippen LogP contribution in [0.5, 0.6) is 5.75 Å². The largest absolute Gasteiger partial charge is 0.484 e. The van der Waals surface area contributed by atoms with E-state index < -0.39 is 11.7 Å². The Morgan fingerprint density at radius 2 is 2.00 bits per heavy atom. The van der Waals surface area contributed by atoms with Crippen LogP contribution in [0.2, 0.25) is 0 Å². The highest BCUT2D eigenvalue weighted by Crippen LogP contribution is 2.30. The minimum atomic E-state index is -4.38. The second-order valence-corrected chi connectivity index (χ2v) is 5.54. The smallest absolute Gasteiger partial charge is 0.416 e. The molecule has 0 radical (unpaired) electrons. The molecule has 1 aromatic carbocycles. The summed E-state index contributed by atoms with van der Waals surface area (Å²) in [7, 11) is 0. The molecule has 122 valence electrons. The maximum absolute atomic E-state index is 12.4. The molecule has 1 saturated heterocycles. The number of nitrogens with two attached hydrogens (primary N) is 1. The zero-order valence-electron chi connectivity index (χ0n) is 12.3. The molecule has 0 spiro atoms. The van der Waals surface area contributed by atoms with Gasteiger partial charge in [0.15, 0.2) is 6.61 Å². The van der Waals surface area contributed by atoms with Gasteiger partial charge in [0, 0.05) is 12.6 Å². The summed E-state index contributed by atoms with van der Waals surface area (Å²) in [5, 5.41) is 0. The van der Waals surface area contributed by atoms with Gasteiger partial charge in [0.2, 0.25) is 0 Å². The van der Waals surface area contributed by atoms with E-state index in [1.165, 1.54) is 12.1 Å². The monoisotopic (exact) mass is 316 g/mol. The van der Waals surface area contributed by atoms with Crippen molar-refractivity contribution in [3.05, 3.63) is 29.8 Å². The molecule has 22 heavy (non-hydrogen) atoms. The average Bonchev–Trinajstić information content (AvgIpc) is 2.85. The number of ether oxygens (including phenoxy) is 1. The molecule has 1 heterocycles. The molecule has 1 fully saturated rings. The summed E-state index contributed by atoms with van der Waals surface area (Å²) in [5.41, 5.74) is 4.87. The van der Waals surface area contributed by atoms with E-state index >= 15 is 0 Å². The SMILES string of the molecule is CC1CC(CN)CN1C(=O)COc1ccc(C(F)(F)F)cc1. The van der Waals surface area contributed by atoms with Gasteiger partial charge in [-0.25, -0.2) is 0 Å². The predicted octanol–water partition coefficient (Wildman–Crippen LogP) is 2.28. The number of carbonyl (C=O) groups excluding carboxylic acids is 1. The zero-order chi connectivity index (χ0) is 16.3. The first-order chi connectivity index (χ1) is 10.3. The number of halogens is 3. The Morgan fingerprint density at radius 3 is 2.50 bits per heavy atom. The van der Waals surface area contributed by atoms with E-state index in [4.69, 9.17) is 10.5 Å². The molecule has 2 N–H and O–H groups in total. The predicted molar refractivity (Wildman–Crippen MR) is 75.3 cm³/mol. The highest BCUT2D eigenvalue weighted by atomic mass is 19.4. The number of likely N-dealkylation sites (tertiary alicyclic amines) is 1. The van der Waals surface area contributed by atoms with Crippen molar-refractivity contribution in [2.75, 3.05) is 19.7 Å². The second kappa shape index (κ2) is 6.56. The molecule has 1 aliphatic rings. The van der Waals surface area contributed by atoms with Crippen LogP contribution < -0.4 is 10.5 Å². The minimum absolute atomic E-state index is 0.109. The molecule has 1 aromatic rings. The summed E-state index contributed by atoms with van der Waals surface area (Å²) >= 11 is 0. The Bertz CT molecular complexity index is 517. The average molecular weight is 316 g/mol. The highest BCUT2D eigenvalue weighted by molar-refractivity contribution is 5.78. The Hall–Kier alpha value is -1.76. The molecular formula is C15H19F3N2O2. The fraction of sp³-hybridized carbons (Fsp3) is 0.533. The summed E-state index contributed by atoms with van der Waals surface area (Å²) < 4.78 is 42.6. The van der Waals surface area contributed by atoms with Crippen LogP contribution >= 0.6 is 0 Å². The summed E-state index contributed by atoms with van der Waals surface area (Å²) in [6.07, 6.45) is -3.51. The lowest BCUT2D eigenvalue weighted by atomic mass is 10.1. The maximum Gasteiger partial charge on any atom is 0.416 e. The topological polar surface area (TPSA) is 55.6 Å². The van der Waals surface area contributed by atoms with Crippen LogP contribution in [0.1, 0.15) is 18.9 Å². The molecule has 0 aliphatic carbocycles. The van der Waals surface area contributed by atoms with Gasteiger partial charge in [0.05, 0.1) is 5.56 Å². The van der Waals surface area contributed by atoms with Crippen molar-refractivity contribution in [1.29, 1.82) is 0 Å². The number of alkyl halides is 3. The molecule has 7 heteroatoms. The first-order valence-electron chi connectivity index (χ1n) is 7.11. The van der Waals surface area contributed by atoms with Crippen LogP contribution in [0.4, 0.5) is 13.2 Å². The van der Waals surface area contributed by atoms with Crippen molar-refractivity contribution < 1.29 is 22.7 Å². The van der Waals surface area contributed by atoms with Crippen molar-refractivity contribution >= 4 is 5.91 Å². The van der Waals surface area contributed by atoms with E-state index in [1.807, 2.05) is 6.92 Å². The van der Waals surface area contributed by atoms with Crippen molar-refractivity contribution in [3.63, 3.8) is 0 Å². The number of carbonyl (C=O) groups is 1. The molecule has 2 atom stereocenters. The van der Waals surface area contributed by atoms with Crippen molar-refractivity contribution in [2.45, 2.75) is 25.6 Å². The van der Waals surface area contributed by atoms with E-state index in [2.05, 4.69) is 0 Å². The molecule has 0 bridgehead atoms. The first-order valence-corrected chi connectivity index (χ1v) is 7.11. The lowest BCUT2D eigenvalue weighted by Crippen LogP contribution is -2.37. The van der Waals surface area contributed by atoms with E-state index in [0.29, 0.717) is 19.0 Å². The summed E-state index contributed by atoms with van der Waals surface area (Å²) in [4.78, 5) is 13.8. The lowest BCUT2D eigenvalue weighted by Gasteiger charge is -2.21. The van der Waals surface area contributed by atoms with Gasteiger partial charge in [-0.2, -0.15) is 13.2 Å². The normalized spacial score (nSPS) is 22.0. The fourth-order valence-corrected chi connectivity index (χ4v) is 2.63. The molecular weight excluding hydrogens is 297 g/mol. The number of nitrogens with zero attached hydrogens (tertiary/aromatic N) is 1. The number of hydrogen-bond acceptors (Lipinski definition) is 3. The standard InChI is InChI=1S/C15H19F3N2O2/c1-10-6-11(7-19)8-20(10)14(21)9-22-13-4-2-12(3-5-13)15(16,17)18/h2-5,10-11H,6-9,19H2,1H3. The Labute approximate surface area is 127 Å². The van der Waals surface area contributed by atoms with E-state index in [9.17, 15) is 18.0 Å². The van der Waals surface area contributed by atoms with Gasteiger partial charge < -0.3 is 15.4 Å². The van der Waals surface area contributed by atoms with Crippen LogP contribution in [-0.2, 0) is 11.0 Å². The van der Waals surface area contributed by atoms with Gasteiger partial charge in [0.25, 0.3) is 5.91 Å². The lowest BCUT2D eigenvalue weighted by molar-refractivity contribution is -0.138. The van der Waals surface area contributed by atoms with E-state index in [0.717, 1.165) is 18.6 Å². The molecule has 0 aromatic heterocycles. The maximum atomic E-state index is 12.4. The fourth-order valence-electron chi connectivity index (χ4n) is 2.63. The molecule has 4 nitrogen and oxygen atoms in total. The van der Waals surface area contributed by atoms with E-state index in [-0.39, 0.29) is 24.3 Å². The highest BCUT2D eigenvalue weighted by Gasteiger charge is 2.32. The minimum Gasteiger partial charge on any atom is -0.484 e. The van der Waals surface area contributed by atoms with Gasteiger partial charge >= 0.3 is 6.18 Å². The van der Waals surface area contributed by atoms with Crippen LogP contribution in [0.3, 0.4) is 0 Å². The van der Waals surface area contributed by atoms with Crippen LogP contribution in [0.15, 0.2) is 24.3 Å². The van der Waals surface area contributed by atoms with Crippen molar-refractivity contribution in [2.24, 2.45) is 11.7 Å². The quantitative estimate of drug-likeness (QED) is 0.927. The van der Waals surface area contributed by atoms with Gasteiger partial charge in [-0.15, -0.1) is 0 Å². The summed E-state index contributed by atoms with van der Waals surface area (Å²) in [6.45, 7) is 2.90. The van der Waals surface area contributed by atoms with Crippen molar-refractivity contribution in [3.8, 4) is 5.75 Å². The second-order valence-electron chi connectivity index (χ2n) is 5.54. The Balaban J connectivity index is 1.89. The molecule has 2 unspecified atom stereocenters. The van der Waals surface area contributed by atoms with Crippen LogP contribution in [-0.4, -0.2) is 36.5 Å².